The Hall–Kier alpha value is -1.11. The molecule has 2 heterocycles. The Kier molecular flexibility index (Phi) is 3.89. The molecule has 7 heteroatoms. The molecule has 3 atom stereocenters. The molecular weight excluding hydrogens is 260 g/mol. The van der Waals surface area contributed by atoms with Gasteiger partial charge >= 0.3 is 5.69 Å². The fourth-order valence-corrected chi connectivity index (χ4v) is 2.31. The Labute approximate surface area is 108 Å². The molecule has 0 amide bonds. The molecule has 0 saturated carbocycles. The first-order valence-corrected chi connectivity index (χ1v) is 6.25. The number of H-pyrrole nitrogens is 1. The Bertz CT molecular complexity index is 539. The number of nitrogens with zero attached hydrogens (tertiary/aromatic N) is 1. The van der Waals surface area contributed by atoms with Gasteiger partial charge in [-0.25, -0.2) is 4.79 Å². The zero-order valence-corrected chi connectivity index (χ0v) is 10.7. The number of aliphatic hydroxyl groups is 1. The summed E-state index contributed by atoms with van der Waals surface area (Å²) < 4.78 is 6.81. The zero-order valence-electron chi connectivity index (χ0n) is 9.93. The third-order valence-electron chi connectivity index (χ3n) is 3.07. The van der Waals surface area contributed by atoms with Crippen LogP contribution in [0.25, 0.3) is 0 Å². The van der Waals surface area contributed by atoms with Gasteiger partial charge in [-0.15, -0.1) is 11.6 Å². The molecule has 1 fully saturated rings. The van der Waals surface area contributed by atoms with E-state index in [2.05, 4.69) is 4.98 Å². The van der Waals surface area contributed by atoms with Crippen LogP contribution in [-0.2, 0) is 11.2 Å². The van der Waals surface area contributed by atoms with Crippen LogP contribution < -0.4 is 11.2 Å². The van der Waals surface area contributed by atoms with E-state index in [-0.39, 0.29) is 17.5 Å². The molecule has 1 aromatic heterocycles. The van der Waals surface area contributed by atoms with Crippen LogP contribution in [0.15, 0.2) is 15.8 Å². The fourth-order valence-electron chi connectivity index (χ4n) is 2.02. The molecule has 6 nitrogen and oxygen atoms in total. The number of hydrogen-bond donors (Lipinski definition) is 2. The van der Waals surface area contributed by atoms with Crippen molar-refractivity contribution in [1.29, 1.82) is 0 Å². The number of aryl methyl sites for hydroxylation is 1. The minimum atomic E-state index is -0.542. The van der Waals surface area contributed by atoms with Gasteiger partial charge < -0.3 is 9.84 Å². The van der Waals surface area contributed by atoms with Gasteiger partial charge in [0.25, 0.3) is 5.56 Å². The summed E-state index contributed by atoms with van der Waals surface area (Å²) in [6.07, 6.45) is 1.41. The number of halogens is 1. The highest BCUT2D eigenvalue weighted by Crippen LogP contribution is 2.30. The lowest BCUT2D eigenvalue weighted by atomic mass is 10.2. The van der Waals surface area contributed by atoms with Crippen molar-refractivity contribution < 1.29 is 9.84 Å². The summed E-state index contributed by atoms with van der Waals surface area (Å²) in [5.41, 5.74) is -0.390. The van der Waals surface area contributed by atoms with Crippen molar-refractivity contribution in [3.05, 3.63) is 32.6 Å². The fraction of sp³-hybridized carbons (Fsp3) is 0.636. The molecule has 0 bridgehead atoms. The average Bonchev–Trinajstić information content (AvgIpc) is 2.70. The van der Waals surface area contributed by atoms with E-state index in [9.17, 15) is 9.59 Å². The topological polar surface area (TPSA) is 84.3 Å². The van der Waals surface area contributed by atoms with Gasteiger partial charge in [0.1, 0.15) is 6.23 Å². The molecule has 0 radical (unpaired) electrons. The number of aromatic amines is 1. The largest absolute Gasteiger partial charge is 0.394 e. The highest BCUT2D eigenvalue weighted by Gasteiger charge is 2.35. The number of nitrogens with one attached hydrogen (secondary N) is 1. The van der Waals surface area contributed by atoms with Crippen LogP contribution in [0, 0.1) is 0 Å². The molecule has 18 heavy (non-hydrogen) atoms. The Morgan fingerprint density at radius 3 is 2.89 bits per heavy atom. The van der Waals surface area contributed by atoms with Crippen LogP contribution in [0.5, 0.6) is 0 Å². The maximum atomic E-state index is 11.7. The van der Waals surface area contributed by atoms with Crippen LogP contribution in [0.1, 0.15) is 25.1 Å². The van der Waals surface area contributed by atoms with Gasteiger partial charge in [0.05, 0.1) is 18.1 Å². The molecule has 1 aliphatic rings. The first-order chi connectivity index (χ1) is 8.56. The van der Waals surface area contributed by atoms with E-state index in [4.69, 9.17) is 21.4 Å². The maximum absolute atomic E-state index is 11.7. The summed E-state index contributed by atoms with van der Waals surface area (Å²) in [6, 6.07) is 0. The monoisotopic (exact) mass is 274 g/mol. The molecule has 1 aliphatic heterocycles. The predicted octanol–water partition coefficient (Wildman–Crippen LogP) is -0.0138. The van der Waals surface area contributed by atoms with Crippen LogP contribution in [0.2, 0.25) is 0 Å². The lowest BCUT2D eigenvalue weighted by Gasteiger charge is -2.15. The first-order valence-electron chi connectivity index (χ1n) is 5.81. The first kappa shape index (κ1) is 13.3. The average molecular weight is 275 g/mol. The minimum Gasteiger partial charge on any atom is -0.394 e. The molecule has 2 rings (SSSR count). The third kappa shape index (κ3) is 2.36. The summed E-state index contributed by atoms with van der Waals surface area (Å²) in [4.78, 5) is 25.4. The normalized spacial score (nSPS) is 27.6. The van der Waals surface area contributed by atoms with E-state index in [0.717, 1.165) is 0 Å². The van der Waals surface area contributed by atoms with Crippen LogP contribution in [-0.4, -0.2) is 32.7 Å². The Morgan fingerprint density at radius 2 is 2.33 bits per heavy atom. The molecule has 0 aromatic carbocycles. The van der Waals surface area contributed by atoms with Gasteiger partial charge in [-0.05, 0) is 6.42 Å². The molecule has 0 spiro atoms. The van der Waals surface area contributed by atoms with Crippen molar-refractivity contribution in [2.75, 3.05) is 6.61 Å². The second-order valence-electron chi connectivity index (χ2n) is 4.24. The maximum Gasteiger partial charge on any atom is 0.330 e. The molecule has 100 valence electrons. The van der Waals surface area contributed by atoms with E-state index < -0.39 is 18.0 Å². The highest BCUT2D eigenvalue weighted by molar-refractivity contribution is 6.21. The minimum absolute atomic E-state index is 0.191. The van der Waals surface area contributed by atoms with E-state index in [0.29, 0.717) is 18.4 Å². The van der Waals surface area contributed by atoms with Crippen molar-refractivity contribution in [2.45, 2.75) is 37.5 Å². The van der Waals surface area contributed by atoms with Crippen molar-refractivity contribution in [3.63, 3.8) is 0 Å². The SMILES string of the molecule is CCc1cn([C@H]2C[C@H](Cl)[C@@H](CO)O2)c(=O)[nH]c1=O. The zero-order chi connectivity index (χ0) is 13.3. The quantitative estimate of drug-likeness (QED) is 0.759. The van der Waals surface area contributed by atoms with Gasteiger partial charge in [0.15, 0.2) is 0 Å². The number of aliphatic hydroxyl groups excluding tert-OH is 1. The number of aromatic nitrogens is 2. The molecule has 2 N–H and O–H groups in total. The van der Waals surface area contributed by atoms with Crippen molar-refractivity contribution in [3.8, 4) is 0 Å². The smallest absolute Gasteiger partial charge is 0.330 e. The van der Waals surface area contributed by atoms with E-state index >= 15 is 0 Å². The van der Waals surface area contributed by atoms with E-state index in [1.165, 1.54) is 10.8 Å². The van der Waals surface area contributed by atoms with Crippen LogP contribution in [0.3, 0.4) is 0 Å². The lowest BCUT2D eigenvalue weighted by molar-refractivity contribution is -0.0241. The van der Waals surface area contributed by atoms with Crippen LogP contribution >= 0.6 is 11.6 Å². The standard InChI is InChI=1S/C11H15ClN2O4/c1-2-6-4-14(11(17)13-10(6)16)9-3-7(12)8(5-15)18-9/h4,7-9,15H,2-3,5H2,1H3,(H,13,16,17)/t7-,8+,9+/m0/s1. The van der Waals surface area contributed by atoms with Crippen molar-refractivity contribution in [1.82, 2.24) is 9.55 Å². The van der Waals surface area contributed by atoms with Crippen molar-refractivity contribution in [2.24, 2.45) is 0 Å². The number of hydrogen-bond acceptors (Lipinski definition) is 4. The molecule has 1 saturated heterocycles. The highest BCUT2D eigenvalue weighted by atomic mass is 35.5. The number of alkyl halides is 1. The summed E-state index contributed by atoms with van der Waals surface area (Å²) in [6.45, 7) is 1.64. The second kappa shape index (κ2) is 5.26. The van der Waals surface area contributed by atoms with Gasteiger partial charge in [-0.2, -0.15) is 0 Å². The Morgan fingerprint density at radius 1 is 1.61 bits per heavy atom. The molecule has 0 aliphatic carbocycles. The van der Waals surface area contributed by atoms with Crippen LogP contribution in [0.4, 0.5) is 0 Å². The number of rotatable bonds is 3. The predicted molar refractivity (Wildman–Crippen MR) is 66.0 cm³/mol. The van der Waals surface area contributed by atoms with Gasteiger partial charge in [-0.3, -0.25) is 14.3 Å². The summed E-state index contributed by atoms with van der Waals surface area (Å²) >= 11 is 6.01. The molecule has 0 unspecified atom stereocenters. The molecule has 1 aromatic rings. The summed E-state index contributed by atoms with van der Waals surface area (Å²) in [7, 11) is 0. The van der Waals surface area contributed by atoms with E-state index in [1.54, 1.807) is 0 Å². The summed E-state index contributed by atoms with van der Waals surface area (Å²) in [5, 5.41) is 8.72. The van der Waals surface area contributed by atoms with Gasteiger partial charge in [0, 0.05) is 18.2 Å². The second-order valence-corrected chi connectivity index (χ2v) is 4.80. The molecular formula is C11H15ClN2O4. The Balaban J connectivity index is 2.35. The number of ether oxygens (including phenoxy) is 1. The van der Waals surface area contributed by atoms with E-state index in [1.807, 2.05) is 6.92 Å². The van der Waals surface area contributed by atoms with Crippen molar-refractivity contribution >= 4 is 11.6 Å². The lowest BCUT2D eigenvalue weighted by Crippen LogP contribution is -2.34. The van der Waals surface area contributed by atoms with Gasteiger partial charge in [-0.1, -0.05) is 6.92 Å². The third-order valence-corrected chi connectivity index (χ3v) is 3.53. The van der Waals surface area contributed by atoms with Gasteiger partial charge in [0.2, 0.25) is 0 Å². The summed E-state index contributed by atoms with van der Waals surface area (Å²) in [5.74, 6) is 0.